The minimum atomic E-state index is -0.882. The number of likely N-dealkylation sites (tertiary alicyclic amines) is 1. The van der Waals surface area contributed by atoms with Crippen molar-refractivity contribution in [2.75, 3.05) is 18.8 Å². The standard InChI is InChI=1S/C34H35N3O4/c1-3-31(38)37-16-13-34(14-17-37)20-30(41-29-9-4-6-21(2)26(29)19-32(39)40)27-18-22(10-11-28(27)34)23-7-5-8-25-24(23)12-15-36-33(25)35/h4-12,15,18,30H,3,13-14,16-17,19-20H2,1-2H3,(H2,35,36)(H,39,40). The molecule has 1 saturated heterocycles. The maximum absolute atomic E-state index is 12.5. The van der Waals surface area contributed by atoms with E-state index in [-0.39, 0.29) is 23.8 Å². The lowest BCUT2D eigenvalue weighted by atomic mass is 9.73. The SMILES string of the molecule is CCC(=O)N1CCC2(CC1)CC(Oc1cccc(C)c1CC(=O)O)c1cc(-c3cccc4c(N)nccc34)ccc12. The van der Waals surface area contributed by atoms with Gasteiger partial charge in [-0.25, -0.2) is 4.98 Å². The molecule has 1 amide bonds. The number of aromatic nitrogens is 1. The molecule has 4 aromatic rings. The van der Waals surface area contributed by atoms with Crippen LogP contribution in [0.2, 0.25) is 0 Å². The van der Waals surface area contributed by atoms with Crippen LogP contribution in [0.25, 0.3) is 21.9 Å². The Balaban J connectivity index is 1.44. The quantitative estimate of drug-likeness (QED) is 0.296. The Morgan fingerprint density at radius 1 is 1.07 bits per heavy atom. The number of rotatable bonds is 6. The molecule has 1 fully saturated rings. The number of hydrogen-bond acceptors (Lipinski definition) is 5. The first-order valence-corrected chi connectivity index (χ1v) is 14.3. The van der Waals surface area contributed by atoms with Gasteiger partial charge in [0.25, 0.3) is 0 Å². The number of nitrogen functional groups attached to an aromatic ring is 1. The van der Waals surface area contributed by atoms with Gasteiger partial charge >= 0.3 is 5.97 Å². The molecule has 7 nitrogen and oxygen atoms in total. The number of fused-ring (bicyclic) bond motifs is 3. The van der Waals surface area contributed by atoms with Crippen LogP contribution in [-0.2, 0) is 21.4 Å². The van der Waals surface area contributed by atoms with E-state index in [4.69, 9.17) is 10.5 Å². The summed E-state index contributed by atoms with van der Waals surface area (Å²) in [7, 11) is 0. The van der Waals surface area contributed by atoms with Crippen molar-refractivity contribution < 1.29 is 19.4 Å². The number of pyridine rings is 1. The predicted octanol–water partition coefficient (Wildman–Crippen LogP) is 6.21. The molecule has 1 spiro atoms. The first kappa shape index (κ1) is 26.8. The Bertz CT molecular complexity index is 1660. The van der Waals surface area contributed by atoms with Crippen LogP contribution in [0.1, 0.15) is 61.0 Å². The molecular weight excluding hydrogens is 514 g/mol. The molecule has 1 aromatic heterocycles. The average Bonchev–Trinajstić information content (AvgIpc) is 3.26. The molecule has 210 valence electrons. The van der Waals surface area contributed by atoms with E-state index in [9.17, 15) is 14.7 Å². The number of aliphatic carboxylic acids is 1. The number of anilines is 1. The molecule has 1 unspecified atom stereocenters. The van der Waals surface area contributed by atoms with Crippen molar-refractivity contribution in [2.24, 2.45) is 0 Å². The van der Waals surface area contributed by atoms with Gasteiger partial charge in [-0.3, -0.25) is 9.59 Å². The van der Waals surface area contributed by atoms with E-state index in [1.807, 2.05) is 55.1 Å². The molecule has 1 atom stereocenters. The third-order valence-electron chi connectivity index (χ3n) is 9.03. The van der Waals surface area contributed by atoms with Gasteiger partial charge in [0, 0.05) is 42.1 Å². The maximum Gasteiger partial charge on any atom is 0.307 e. The van der Waals surface area contributed by atoms with Crippen LogP contribution < -0.4 is 10.5 Å². The summed E-state index contributed by atoms with van der Waals surface area (Å²) < 4.78 is 6.76. The van der Waals surface area contributed by atoms with E-state index in [1.54, 1.807) is 6.20 Å². The highest BCUT2D eigenvalue weighted by Crippen LogP contribution is 2.53. The number of carboxylic acids is 1. The van der Waals surface area contributed by atoms with E-state index in [2.05, 4.69) is 29.2 Å². The summed E-state index contributed by atoms with van der Waals surface area (Å²) in [5.41, 5.74) is 12.2. The minimum Gasteiger partial charge on any atom is -0.485 e. The fourth-order valence-electron chi connectivity index (χ4n) is 6.84. The van der Waals surface area contributed by atoms with Crippen molar-refractivity contribution in [1.82, 2.24) is 9.88 Å². The van der Waals surface area contributed by atoms with Crippen LogP contribution in [0, 0.1) is 6.92 Å². The molecular formula is C34H35N3O4. The first-order chi connectivity index (χ1) is 19.8. The second-order valence-corrected chi connectivity index (χ2v) is 11.3. The number of benzene rings is 3. The number of nitrogens with two attached hydrogens (primary N) is 1. The zero-order chi connectivity index (χ0) is 28.7. The smallest absolute Gasteiger partial charge is 0.307 e. The topological polar surface area (TPSA) is 106 Å². The van der Waals surface area contributed by atoms with Crippen molar-refractivity contribution in [3.05, 3.63) is 89.1 Å². The number of nitrogens with zero attached hydrogens (tertiary/aromatic N) is 2. The van der Waals surface area contributed by atoms with Crippen molar-refractivity contribution >= 4 is 28.5 Å². The van der Waals surface area contributed by atoms with Crippen molar-refractivity contribution in [3.63, 3.8) is 0 Å². The Hall–Kier alpha value is -4.39. The summed E-state index contributed by atoms with van der Waals surface area (Å²) in [5.74, 6) is 0.439. The third kappa shape index (κ3) is 4.79. The Labute approximate surface area is 240 Å². The molecule has 2 aliphatic rings. The van der Waals surface area contributed by atoms with E-state index < -0.39 is 5.97 Å². The van der Waals surface area contributed by atoms with Crippen LogP contribution in [0.5, 0.6) is 5.75 Å². The fourth-order valence-corrected chi connectivity index (χ4v) is 6.84. The van der Waals surface area contributed by atoms with Gasteiger partial charge in [0.1, 0.15) is 17.7 Å². The summed E-state index contributed by atoms with van der Waals surface area (Å²) >= 11 is 0. The Morgan fingerprint density at radius 2 is 1.85 bits per heavy atom. The van der Waals surface area contributed by atoms with Crippen molar-refractivity contribution in [3.8, 4) is 16.9 Å². The molecule has 3 aromatic carbocycles. The first-order valence-electron chi connectivity index (χ1n) is 14.3. The predicted molar refractivity (Wildman–Crippen MR) is 160 cm³/mol. The summed E-state index contributed by atoms with van der Waals surface area (Å²) in [5, 5.41) is 11.5. The van der Waals surface area contributed by atoms with Gasteiger partial charge in [0.05, 0.1) is 6.42 Å². The second kappa shape index (κ2) is 10.5. The van der Waals surface area contributed by atoms with Crippen LogP contribution in [0.4, 0.5) is 5.82 Å². The maximum atomic E-state index is 12.5. The number of amides is 1. The normalized spacial score (nSPS) is 17.5. The number of ether oxygens (including phenoxy) is 1. The van der Waals surface area contributed by atoms with Crippen molar-refractivity contribution in [2.45, 2.75) is 57.5 Å². The van der Waals surface area contributed by atoms with Crippen LogP contribution >= 0.6 is 0 Å². The fraction of sp³-hybridized carbons (Fsp3) is 0.324. The highest BCUT2D eigenvalue weighted by atomic mass is 16.5. The number of hydrogen-bond donors (Lipinski definition) is 2. The number of carbonyl (C=O) groups excluding carboxylic acids is 1. The molecule has 1 aliphatic carbocycles. The number of carboxylic acid groups (broad SMARTS) is 1. The summed E-state index contributed by atoms with van der Waals surface area (Å²) in [6, 6.07) is 20.5. The largest absolute Gasteiger partial charge is 0.485 e. The third-order valence-corrected chi connectivity index (χ3v) is 9.03. The summed E-state index contributed by atoms with van der Waals surface area (Å²) in [4.78, 5) is 30.4. The van der Waals surface area contributed by atoms with Crippen LogP contribution in [0.15, 0.2) is 66.9 Å². The zero-order valence-electron chi connectivity index (χ0n) is 23.5. The van der Waals surface area contributed by atoms with E-state index in [0.29, 0.717) is 23.6 Å². The number of aryl methyl sites for hydroxylation is 1. The average molecular weight is 550 g/mol. The molecule has 0 bridgehead atoms. The van der Waals surface area contributed by atoms with Gasteiger partial charge in [-0.05, 0) is 77.6 Å². The van der Waals surface area contributed by atoms with Crippen molar-refractivity contribution in [1.29, 1.82) is 0 Å². The lowest BCUT2D eigenvalue weighted by Gasteiger charge is -2.40. The van der Waals surface area contributed by atoms with Gasteiger partial charge in [-0.15, -0.1) is 0 Å². The highest BCUT2D eigenvalue weighted by molar-refractivity contribution is 6.01. The monoisotopic (exact) mass is 549 g/mol. The van der Waals surface area contributed by atoms with Gasteiger partial charge < -0.3 is 20.5 Å². The lowest BCUT2D eigenvalue weighted by molar-refractivity contribution is -0.136. The zero-order valence-corrected chi connectivity index (χ0v) is 23.5. The molecule has 3 N–H and O–H groups in total. The Kier molecular flexibility index (Phi) is 6.89. The van der Waals surface area contributed by atoms with E-state index in [1.165, 1.54) is 5.56 Å². The van der Waals surface area contributed by atoms with Gasteiger partial charge in [0.2, 0.25) is 5.91 Å². The molecule has 7 heteroatoms. The second-order valence-electron chi connectivity index (χ2n) is 11.3. The lowest BCUT2D eigenvalue weighted by Crippen LogP contribution is -2.44. The highest BCUT2D eigenvalue weighted by Gasteiger charge is 2.47. The van der Waals surface area contributed by atoms with E-state index >= 15 is 0 Å². The summed E-state index contributed by atoms with van der Waals surface area (Å²) in [6.07, 6.45) is 4.45. The molecule has 0 saturated carbocycles. The molecule has 2 heterocycles. The van der Waals surface area contributed by atoms with Crippen LogP contribution in [-0.4, -0.2) is 40.0 Å². The molecule has 6 rings (SSSR count). The van der Waals surface area contributed by atoms with Gasteiger partial charge in [-0.1, -0.05) is 49.4 Å². The van der Waals surface area contributed by atoms with Crippen LogP contribution in [0.3, 0.4) is 0 Å². The molecule has 0 radical (unpaired) electrons. The van der Waals surface area contributed by atoms with E-state index in [0.717, 1.165) is 65.4 Å². The number of carbonyl (C=O) groups is 2. The molecule has 41 heavy (non-hydrogen) atoms. The van der Waals surface area contributed by atoms with Gasteiger partial charge in [-0.2, -0.15) is 0 Å². The molecule has 1 aliphatic heterocycles. The summed E-state index contributed by atoms with van der Waals surface area (Å²) in [6.45, 7) is 5.29. The number of piperidine rings is 1. The van der Waals surface area contributed by atoms with Gasteiger partial charge in [0.15, 0.2) is 0 Å². The minimum absolute atomic E-state index is 0.0910. The Morgan fingerprint density at radius 3 is 2.61 bits per heavy atom.